The van der Waals surface area contributed by atoms with Crippen molar-refractivity contribution >= 4 is 17.7 Å². The van der Waals surface area contributed by atoms with Crippen LogP contribution in [-0.2, 0) is 9.53 Å². The zero-order valence-electron chi connectivity index (χ0n) is 13.7. The normalized spacial score (nSPS) is 12.3. The summed E-state index contributed by atoms with van der Waals surface area (Å²) in [5.41, 5.74) is -0.737. The van der Waals surface area contributed by atoms with Crippen LogP contribution in [0.5, 0.6) is 11.5 Å². The number of hydrogen-bond donors (Lipinski definition) is 3. The van der Waals surface area contributed by atoms with Crippen LogP contribution in [0, 0.1) is 0 Å². The molecule has 8 heteroatoms. The lowest BCUT2D eigenvalue weighted by Gasteiger charge is -2.21. The Labute approximate surface area is 134 Å². The predicted octanol–water partition coefficient (Wildman–Crippen LogP) is 2.17. The minimum Gasteiger partial charge on any atom is -0.493 e. The van der Waals surface area contributed by atoms with E-state index in [1.54, 1.807) is 20.8 Å². The molecule has 1 aromatic rings. The number of rotatable bonds is 5. The number of aliphatic hydroxyl groups excluding tert-OH is 1. The van der Waals surface area contributed by atoms with E-state index in [1.807, 2.05) is 0 Å². The van der Waals surface area contributed by atoms with Gasteiger partial charge in [0.1, 0.15) is 5.60 Å². The van der Waals surface area contributed by atoms with E-state index in [1.165, 1.54) is 26.4 Å². The van der Waals surface area contributed by atoms with Crippen molar-refractivity contribution in [2.24, 2.45) is 0 Å². The minimum absolute atomic E-state index is 0.0480. The first-order valence-electron chi connectivity index (χ1n) is 6.76. The largest absolute Gasteiger partial charge is 0.493 e. The van der Waals surface area contributed by atoms with Gasteiger partial charge in [0, 0.05) is 11.6 Å². The summed E-state index contributed by atoms with van der Waals surface area (Å²) in [6.07, 6.45) is -2.64. The Morgan fingerprint density at radius 1 is 1.13 bits per heavy atom. The molecule has 0 aromatic heterocycles. The summed E-state index contributed by atoms with van der Waals surface area (Å²) >= 11 is 0. The molecule has 0 spiro atoms. The number of carboxylic acid groups (broad SMARTS) is 1. The Kier molecular flexibility index (Phi) is 5.80. The number of anilines is 1. The summed E-state index contributed by atoms with van der Waals surface area (Å²) < 4.78 is 15.3. The Hall–Kier alpha value is -2.48. The molecule has 0 heterocycles. The molecule has 1 amide bonds. The third kappa shape index (κ3) is 5.03. The fraction of sp³-hybridized carbons (Fsp3) is 0.467. The fourth-order valence-corrected chi connectivity index (χ4v) is 1.78. The monoisotopic (exact) mass is 327 g/mol. The van der Waals surface area contributed by atoms with Crippen molar-refractivity contribution in [3.05, 3.63) is 17.7 Å². The number of benzene rings is 1. The Bertz CT molecular complexity index is 592. The number of hydrogen-bond acceptors (Lipinski definition) is 6. The maximum absolute atomic E-state index is 11.9. The number of nitrogens with one attached hydrogen (secondary N) is 1. The molecular weight excluding hydrogens is 306 g/mol. The van der Waals surface area contributed by atoms with Crippen LogP contribution in [0.1, 0.15) is 32.4 Å². The molecule has 3 N–H and O–H groups in total. The molecule has 8 nitrogen and oxygen atoms in total. The molecular formula is C15H21NO7. The lowest BCUT2D eigenvalue weighted by atomic mass is 10.1. The molecule has 0 bridgehead atoms. The lowest BCUT2D eigenvalue weighted by molar-refractivity contribution is -0.146. The van der Waals surface area contributed by atoms with Crippen LogP contribution in [0.3, 0.4) is 0 Å². The third-order valence-electron chi connectivity index (χ3n) is 2.72. The lowest BCUT2D eigenvalue weighted by Crippen LogP contribution is -2.28. The van der Waals surface area contributed by atoms with Gasteiger partial charge < -0.3 is 24.4 Å². The molecule has 0 saturated heterocycles. The number of carbonyl (C=O) groups is 2. The van der Waals surface area contributed by atoms with Crippen molar-refractivity contribution in [1.82, 2.24) is 0 Å². The Morgan fingerprint density at radius 3 is 2.09 bits per heavy atom. The number of methoxy groups -OCH3 is 2. The van der Waals surface area contributed by atoms with Gasteiger partial charge in [0.25, 0.3) is 0 Å². The number of carboxylic acids is 1. The van der Waals surface area contributed by atoms with Crippen LogP contribution in [0.4, 0.5) is 10.5 Å². The third-order valence-corrected chi connectivity index (χ3v) is 2.72. The second-order valence-electron chi connectivity index (χ2n) is 5.66. The SMILES string of the molecule is COc1cc(NC(=O)OC(C)(C)C)c(C(O)C(=O)O)cc1OC. The molecule has 0 radical (unpaired) electrons. The van der Waals surface area contributed by atoms with Crippen LogP contribution < -0.4 is 14.8 Å². The van der Waals surface area contributed by atoms with E-state index in [4.69, 9.17) is 19.3 Å². The molecule has 23 heavy (non-hydrogen) atoms. The van der Waals surface area contributed by atoms with Gasteiger partial charge in [0.05, 0.1) is 19.9 Å². The first-order chi connectivity index (χ1) is 10.6. The quantitative estimate of drug-likeness (QED) is 0.759. The van der Waals surface area contributed by atoms with Gasteiger partial charge in [0.2, 0.25) is 0 Å². The zero-order chi connectivity index (χ0) is 17.8. The number of aliphatic hydroxyl groups is 1. The summed E-state index contributed by atoms with van der Waals surface area (Å²) in [5, 5.41) is 21.2. The standard InChI is InChI=1S/C15H21NO7/c1-15(2,3)23-14(20)16-9-7-11(22-5)10(21-4)6-8(9)12(17)13(18)19/h6-7,12,17H,1-5H3,(H,16,20)(H,18,19). The van der Waals surface area contributed by atoms with Gasteiger partial charge in [-0.15, -0.1) is 0 Å². The van der Waals surface area contributed by atoms with E-state index >= 15 is 0 Å². The number of aliphatic carboxylic acids is 1. The van der Waals surface area contributed by atoms with Crippen molar-refractivity contribution < 1.29 is 34.0 Å². The second kappa shape index (κ2) is 7.19. The first-order valence-corrected chi connectivity index (χ1v) is 6.76. The number of amides is 1. The Morgan fingerprint density at radius 2 is 1.65 bits per heavy atom. The molecule has 0 fully saturated rings. The molecule has 0 aliphatic rings. The highest BCUT2D eigenvalue weighted by Gasteiger charge is 2.25. The number of ether oxygens (including phenoxy) is 3. The van der Waals surface area contributed by atoms with E-state index in [9.17, 15) is 14.7 Å². The summed E-state index contributed by atoms with van der Waals surface area (Å²) in [7, 11) is 2.76. The van der Waals surface area contributed by atoms with Crippen LogP contribution in [0.15, 0.2) is 12.1 Å². The van der Waals surface area contributed by atoms with Gasteiger partial charge in [-0.2, -0.15) is 0 Å². The molecule has 1 atom stereocenters. The van der Waals surface area contributed by atoms with Gasteiger partial charge in [-0.25, -0.2) is 9.59 Å². The van der Waals surface area contributed by atoms with Gasteiger partial charge >= 0.3 is 12.1 Å². The maximum Gasteiger partial charge on any atom is 0.412 e. The van der Waals surface area contributed by atoms with Crippen molar-refractivity contribution in [3.8, 4) is 11.5 Å². The highest BCUT2D eigenvalue weighted by Crippen LogP contribution is 2.36. The highest BCUT2D eigenvalue weighted by molar-refractivity contribution is 5.89. The van der Waals surface area contributed by atoms with Gasteiger partial charge in [-0.05, 0) is 26.8 Å². The van der Waals surface area contributed by atoms with Gasteiger partial charge in [-0.1, -0.05) is 0 Å². The Balaban J connectivity index is 3.26. The van der Waals surface area contributed by atoms with Gasteiger partial charge in [-0.3, -0.25) is 5.32 Å². The smallest absolute Gasteiger partial charge is 0.412 e. The van der Waals surface area contributed by atoms with Crippen LogP contribution in [-0.4, -0.2) is 42.1 Å². The van der Waals surface area contributed by atoms with Crippen molar-refractivity contribution in [1.29, 1.82) is 0 Å². The molecule has 1 unspecified atom stereocenters. The molecule has 128 valence electrons. The minimum atomic E-state index is -1.85. The van der Waals surface area contributed by atoms with Crippen molar-refractivity contribution in [2.45, 2.75) is 32.5 Å². The molecule has 0 aliphatic carbocycles. The molecule has 1 rings (SSSR count). The fourth-order valence-electron chi connectivity index (χ4n) is 1.78. The predicted molar refractivity (Wildman–Crippen MR) is 82.0 cm³/mol. The molecule has 0 saturated carbocycles. The summed E-state index contributed by atoms with van der Waals surface area (Å²) in [6.45, 7) is 5.07. The van der Waals surface area contributed by atoms with Gasteiger partial charge in [0.15, 0.2) is 17.6 Å². The van der Waals surface area contributed by atoms with Crippen LogP contribution in [0.25, 0.3) is 0 Å². The van der Waals surface area contributed by atoms with E-state index in [0.29, 0.717) is 0 Å². The number of carbonyl (C=O) groups excluding carboxylic acids is 1. The maximum atomic E-state index is 11.9. The zero-order valence-corrected chi connectivity index (χ0v) is 13.7. The molecule has 0 aliphatic heterocycles. The van der Waals surface area contributed by atoms with Crippen LogP contribution in [0.2, 0.25) is 0 Å². The summed E-state index contributed by atoms with van der Waals surface area (Å²) in [5.74, 6) is -0.984. The molecule has 1 aromatic carbocycles. The highest BCUT2D eigenvalue weighted by atomic mass is 16.6. The van der Waals surface area contributed by atoms with Crippen molar-refractivity contribution in [3.63, 3.8) is 0 Å². The van der Waals surface area contributed by atoms with Crippen molar-refractivity contribution in [2.75, 3.05) is 19.5 Å². The van der Waals surface area contributed by atoms with E-state index in [0.717, 1.165) is 0 Å². The van der Waals surface area contributed by atoms with E-state index < -0.39 is 23.8 Å². The summed E-state index contributed by atoms with van der Waals surface area (Å²) in [6, 6.07) is 2.63. The van der Waals surface area contributed by atoms with E-state index in [-0.39, 0.29) is 22.7 Å². The average molecular weight is 327 g/mol. The first kappa shape index (κ1) is 18.6. The summed E-state index contributed by atoms with van der Waals surface area (Å²) in [4.78, 5) is 22.9. The van der Waals surface area contributed by atoms with Crippen LogP contribution >= 0.6 is 0 Å². The second-order valence-corrected chi connectivity index (χ2v) is 5.66. The van der Waals surface area contributed by atoms with E-state index in [2.05, 4.69) is 5.32 Å². The topological polar surface area (TPSA) is 114 Å². The average Bonchev–Trinajstić information content (AvgIpc) is 2.43.